The summed E-state index contributed by atoms with van der Waals surface area (Å²) in [5.41, 5.74) is 0.593. The van der Waals surface area contributed by atoms with Gasteiger partial charge >= 0.3 is 0 Å². The summed E-state index contributed by atoms with van der Waals surface area (Å²) in [6.07, 6.45) is 34.1. The van der Waals surface area contributed by atoms with Crippen LogP contribution in [0.2, 0.25) is 0 Å². The van der Waals surface area contributed by atoms with Gasteiger partial charge in [-0.1, -0.05) is 116 Å². The van der Waals surface area contributed by atoms with Crippen molar-refractivity contribution in [3.8, 4) is 0 Å². The van der Waals surface area contributed by atoms with Gasteiger partial charge < -0.3 is 5.32 Å². The van der Waals surface area contributed by atoms with Crippen LogP contribution < -0.4 is 5.32 Å². The van der Waals surface area contributed by atoms with E-state index in [9.17, 15) is 0 Å². The van der Waals surface area contributed by atoms with E-state index in [1.54, 1.807) is 0 Å². The molecule has 1 N–H and O–H groups in total. The number of hydrogen-bond donors (Lipinski definition) is 1. The van der Waals surface area contributed by atoms with E-state index in [1.165, 1.54) is 148 Å². The van der Waals surface area contributed by atoms with Crippen molar-refractivity contribution in [2.45, 2.75) is 167 Å². The van der Waals surface area contributed by atoms with Gasteiger partial charge in [-0.15, -0.1) is 0 Å². The zero-order valence-electron chi connectivity index (χ0n) is 20.0. The van der Waals surface area contributed by atoms with Gasteiger partial charge in [-0.3, -0.25) is 0 Å². The predicted octanol–water partition coefficient (Wildman–Crippen LogP) is 8.95. The Morgan fingerprint density at radius 3 is 1.24 bits per heavy atom. The fourth-order valence-electron chi connectivity index (χ4n) is 6.77. The maximum atomic E-state index is 4.26. The third-order valence-electron chi connectivity index (χ3n) is 9.10. The Hall–Kier alpha value is -0.0400. The SMILES string of the molecule is CC1(C2CCCCCCCCCCCC2)CCC1NC1CCCCCCCCC1. The van der Waals surface area contributed by atoms with Crippen LogP contribution in [0.25, 0.3) is 0 Å². The summed E-state index contributed by atoms with van der Waals surface area (Å²) in [5, 5.41) is 4.26. The van der Waals surface area contributed by atoms with Crippen LogP contribution in [-0.4, -0.2) is 12.1 Å². The first kappa shape index (κ1) is 23.6. The first-order valence-corrected chi connectivity index (χ1v) is 14.0. The summed E-state index contributed by atoms with van der Waals surface area (Å²) in [4.78, 5) is 0. The smallest absolute Gasteiger partial charge is 0.0126 e. The lowest BCUT2D eigenvalue weighted by molar-refractivity contribution is -0.000804. The molecular formula is C28H53N. The van der Waals surface area contributed by atoms with Gasteiger partial charge in [-0.25, -0.2) is 0 Å². The normalized spacial score (nSPS) is 33.6. The van der Waals surface area contributed by atoms with Crippen molar-refractivity contribution in [1.82, 2.24) is 5.32 Å². The Morgan fingerprint density at radius 2 is 0.862 bits per heavy atom. The Kier molecular flexibility index (Phi) is 10.9. The Bertz CT molecular complexity index is 395. The van der Waals surface area contributed by atoms with Crippen LogP contribution in [0.5, 0.6) is 0 Å². The minimum Gasteiger partial charge on any atom is -0.311 e. The lowest BCUT2D eigenvalue weighted by atomic mass is 9.56. The molecule has 0 aromatic carbocycles. The molecular weight excluding hydrogens is 350 g/mol. The average molecular weight is 404 g/mol. The molecule has 0 bridgehead atoms. The van der Waals surface area contributed by atoms with Gasteiger partial charge in [0.15, 0.2) is 0 Å². The topological polar surface area (TPSA) is 12.0 Å². The van der Waals surface area contributed by atoms with Gasteiger partial charge in [0, 0.05) is 12.1 Å². The Balaban J connectivity index is 1.52. The molecule has 0 saturated heterocycles. The van der Waals surface area contributed by atoms with E-state index < -0.39 is 0 Å². The highest BCUT2D eigenvalue weighted by atomic mass is 15.0. The zero-order chi connectivity index (χ0) is 20.2. The van der Waals surface area contributed by atoms with Crippen molar-refractivity contribution >= 4 is 0 Å². The third kappa shape index (κ3) is 7.86. The van der Waals surface area contributed by atoms with Crippen LogP contribution in [-0.2, 0) is 0 Å². The molecule has 0 aromatic heterocycles. The second-order valence-electron chi connectivity index (χ2n) is 11.3. The van der Waals surface area contributed by atoms with Crippen LogP contribution >= 0.6 is 0 Å². The van der Waals surface area contributed by atoms with Gasteiger partial charge in [0.2, 0.25) is 0 Å². The molecule has 0 heterocycles. The summed E-state index contributed by atoms with van der Waals surface area (Å²) >= 11 is 0. The Morgan fingerprint density at radius 1 is 0.483 bits per heavy atom. The fraction of sp³-hybridized carbons (Fsp3) is 1.00. The molecule has 1 nitrogen and oxygen atoms in total. The molecule has 3 rings (SSSR count). The van der Waals surface area contributed by atoms with E-state index in [0.717, 1.165) is 18.0 Å². The number of rotatable bonds is 3. The van der Waals surface area contributed by atoms with E-state index in [0.29, 0.717) is 5.41 Å². The highest BCUT2D eigenvalue weighted by molar-refractivity contribution is 5.02. The summed E-state index contributed by atoms with van der Waals surface area (Å²) in [7, 11) is 0. The Labute approximate surface area is 183 Å². The van der Waals surface area contributed by atoms with E-state index in [4.69, 9.17) is 0 Å². The van der Waals surface area contributed by atoms with Crippen molar-refractivity contribution in [2.75, 3.05) is 0 Å². The van der Waals surface area contributed by atoms with Crippen LogP contribution in [0.4, 0.5) is 0 Å². The summed E-state index contributed by atoms with van der Waals surface area (Å²) < 4.78 is 0. The summed E-state index contributed by atoms with van der Waals surface area (Å²) in [6, 6.07) is 1.63. The van der Waals surface area contributed by atoms with Crippen molar-refractivity contribution in [3.63, 3.8) is 0 Å². The van der Waals surface area contributed by atoms with Gasteiger partial charge in [0.1, 0.15) is 0 Å². The predicted molar refractivity (Wildman–Crippen MR) is 128 cm³/mol. The molecule has 29 heavy (non-hydrogen) atoms. The second-order valence-corrected chi connectivity index (χ2v) is 11.3. The van der Waals surface area contributed by atoms with E-state index in [2.05, 4.69) is 12.2 Å². The standard InChI is InChI=1S/C28H53N/c1-28(25-19-15-11-7-4-2-3-5-8-12-16-20-25)24-23-27(28)29-26-21-17-13-9-6-10-14-18-22-26/h25-27,29H,2-24H2,1H3. The molecule has 170 valence electrons. The quantitative estimate of drug-likeness (QED) is 0.496. The number of hydrogen-bond acceptors (Lipinski definition) is 1. The molecule has 1 heteroatoms. The minimum absolute atomic E-state index is 0.593. The van der Waals surface area contributed by atoms with Crippen molar-refractivity contribution in [2.24, 2.45) is 11.3 Å². The minimum atomic E-state index is 0.593. The lowest BCUT2D eigenvalue weighted by Gasteiger charge is -2.54. The molecule has 0 radical (unpaired) electrons. The molecule has 0 aromatic rings. The molecule has 3 aliphatic rings. The van der Waals surface area contributed by atoms with Crippen LogP contribution in [0.15, 0.2) is 0 Å². The fourth-order valence-corrected chi connectivity index (χ4v) is 6.77. The molecule has 3 aliphatic carbocycles. The first-order valence-electron chi connectivity index (χ1n) is 14.0. The molecule has 0 spiro atoms. The van der Waals surface area contributed by atoms with Gasteiger partial charge in [-0.05, 0) is 49.9 Å². The molecule has 3 saturated carbocycles. The van der Waals surface area contributed by atoms with Crippen molar-refractivity contribution in [1.29, 1.82) is 0 Å². The third-order valence-corrected chi connectivity index (χ3v) is 9.10. The van der Waals surface area contributed by atoms with Crippen LogP contribution in [0.3, 0.4) is 0 Å². The first-order chi connectivity index (χ1) is 14.3. The highest BCUT2D eigenvalue weighted by Crippen LogP contribution is 2.51. The summed E-state index contributed by atoms with van der Waals surface area (Å²) in [6.45, 7) is 2.68. The molecule has 0 amide bonds. The maximum absolute atomic E-state index is 4.26. The molecule has 3 fully saturated rings. The second kappa shape index (κ2) is 13.4. The summed E-state index contributed by atoms with van der Waals surface area (Å²) in [5.74, 6) is 0.981. The zero-order valence-corrected chi connectivity index (χ0v) is 20.0. The van der Waals surface area contributed by atoms with Crippen LogP contribution in [0, 0.1) is 11.3 Å². The van der Waals surface area contributed by atoms with Crippen molar-refractivity contribution in [3.05, 3.63) is 0 Å². The molecule has 2 atom stereocenters. The van der Waals surface area contributed by atoms with Crippen LogP contribution in [0.1, 0.15) is 155 Å². The van der Waals surface area contributed by atoms with Gasteiger partial charge in [0.05, 0.1) is 0 Å². The van der Waals surface area contributed by atoms with Gasteiger partial charge in [0.25, 0.3) is 0 Å². The van der Waals surface area contributed by atoms with E-state index in [-0.39, 0.29) is 0 Å². The highest BCUT2D eigenvalue weighted by Gasteiger charge is 2.47. The monoisotopic (exact) mass is 403 g/mol. The average Bonchev–Trinajstić information content (AvgIpc) is 2.76. The number of nitrogens with one attached hydrogen (secondary N) is 1. The van der Waals surface area contributed by atoms with Gasteiger partial charge in [-0.2, -0.15) is 0 Å². The van der Waals surface area contributed by atoms with E-state index in [1.807, 2.05) is 0 Å². The lowest BCUT2D eigenvalue weighted by Crippen LogP contribution is -2.58. The largest absolute Gasteiger partial charge is 0.311 e. The molecule has 0 aliphatic heterocycles. The molecule has 2 unspecified atom stereocenters. The van der Waals surface area contributed by atoms with Crippen molar-refractivity contribution < 1.29 is 0 Å². The maximum Gasteiger partial charge on any atom is 0.0126 e. The van der Waals surface area contributed by atoms with E-state index >= 15 is 0 Å².